The second-order valence-electron chi connectivity index (χ2n) is 2.90. The number of nitriles is 1. The fraction of sp³-hybridized carbons (Fsp3) is 0.300. The monoisotopic (exact) mass is 176 g/mol. The molecule has 3 N–H and O–H groups in total. The van der Waals surface area contributed by atoms with E-state index in [1.807, 2.05) is 18.2 Å². The third-order valence-corrected chi connectivity index (χ3v) is 1.83. The van der Waals surface area contributed by atoms with E-state index in [0.29, 0.717) is 12.0 Å². The Hall–Kier alpha value is -1.37. The Kier molecular flexibility index (Phi) is 3.44. The minimum absolute atomic E-state index is 0.264. The fourth-order valence-corrected chi connectivity index (χ4v) is 1.07. The summed E-state index contributed by atoms with van der Waals surface area (Å²) < 4.78 is 0. The van der Waals surface area contributed by atoms with Gasteiger partial charge in [-0.25, -0.2) is 0 Å². The van der Waals surface area contributed by atoms with Crippen molar-refractivity contribution in [1.82, 2.24) is 0 Å². The summed E-state index contributed by atoms with van der Waals surface area (Å²) in [5, 5.41) is 17.8. The molecule has 1 rings (SSSR count). The first-order valence-electron chi connectivity index (χ1n) is 4.13. The Bertz CT molecular complexity index is 300. The van der Waals surface area contributed by atoms with E-state index in [4.69, 9.17) is 11.0 Å². The van der Waals surface area contributed by atoms with Crippen LogP contribution in [0.25, 0.3) is 0 Å². The molecular formula is C10H12N2O. The first kappa shape index (κ1) is 9.72. The number of hydrogen-bond donors (Lipinski definition) is 2. The second kappa shape index (κ2) is 4.61. The molecule has 3 nitrogen and oxygen atoms in total. The zero-order valence-electron chi connectivity index (χ0n) is 7.27. The van der Waals surface area contributed by atoms with Crippen LogP contribution in [0.1, 0.15) is 11.1 Å². The summed E-state index contributed by atoms with van der Waals surface area (Å²) >= 11 is 0. The highest BCUT2D eigenvalue weighted by Crippen LogP contribution is 2.05. The first-order chi connectivity index (χ1) is 6.26. The molecule has 1 atom stereocenters. The van der Waals surface area contributed by atoms with Gasteiger partial charge in [-0.2, -0.15) is 5.26 Å². The van der Waals surface area contributed by atoms with Crippen LogP contribution in [-0.2, 0) is 6.42 Å². The lowest BCUT2D eigenvalue weighted by atomic mass is 10.1. The molecule has 1 unspecified atom stereocenters. The molecule has 0 aliphatic rings. The number of rotatable bonds is 3. The Balaban J connectivity index is 2.65. The van der Waals surface area contributed by atoms with Gasteiger partial charge < -0.3 is 10.8 Å². The van der Waals surface area contributed by atoms with Crippen LogP contribution in [0.2, 0.25) is 0 Å². The van der Waals surface area contributed by atoms with E-state index in [2.05, 4.69) is 0 Å². The van der Waals surface area contributed by atoms with Crippen molar-refractivity contribution < 1.29 is 5.11 Å². The summed E-state index contributed by atoms with van der Waals surface area (Å²) in [5.74, 6) is 0. The minimum Gasteiger partial charge on any atom is -0.391 e. The highest BCUT2D eigenvalue weighted by molar-refractivity contribution is 5.31. The average molecular weight is 176 g/mol. The van der Waals surface area contributed by atoms with Crippen LogP contribution in [-0.4, -0.2) is 17.8 Å². The molecule has 68 valence electrons. The van der Waals surface area contributed by atoms with Crippen LogP contribution < -0.4 is 5.73 Å². The Morgan fingerprint density at radius 2 is 2.00 bits per heavy atom. The molecule has 0 heterocycles. The SMILES string of the molecule is N#Cc1ccc(CC(O)CN)cc1. The van der Waals surface area contributed by atoms with Crippen molar-refractivity contribution in [2.45, 2.75) is 12.5 Å². The summed E-state index contributed by atoms with van der Waals surface area (Å²) in [5.41, 5.74) is 6.90. The Morgan fingerprint density at radius 3 is 2.46 bits per heavy atom. The normalized spacial score (nSPS) is 12.1. The minimum atomic E-state index is -0.493. The summed E-state index contributed by atoms with van der Waals surface area (Å²) in [7, 11) is 0. The summed E-state index contributed by atoms with van der Waals surface area (Å²) in [6, 6.07) is 9.17. The molecule has 3 heteroatoms. The van der Waals surface area contributed by atoms with Crippen LogP contribution >= 0.6 is 0 Å². The van der Waals surface area contributed by atoms with Gasteiger partial charge in [0, 0.05) is 6.54 Å². The van der Waals surface area contributed by atoms with E-state index in [9.17, 15) is 5.11 Å². The van der Waals surface area contributed by atoms with Crippen LogP contribution in [0.3, 0.4) is 0 Å². The molecular weight excluding hydrogens is 164 g/mol. The number of nitrogens with zero attached hydrogens (tertiary/aromatic N) is 1. The third kappa shape index (κ3) is 2.86. The summed E-state index contributed by atoms with van der Waals surface area (Å²) in [6.45, 7) is 0.264. The molecule has 0 aliphatic carbocycles. The van der Waals surface area contributed by atoms with Crippen molar-refractivity contribution in [2.75, 3.05) is 6.54 Å². The number of aliphatic hydroxyl groups is 1. The molecule has 0 spiro atoms. The summed E-state index contributed by atoms with van der Waals surface area (Å²) in [6.07, 6.45) is 0.0512. The van der Waals surface area contributed by atoms with E-state index < -0.39 is 6.10 Å². The van der Waals surface area contributed by atoms with Gasteiger partial charge in [-0.1, -0.05) is 12.1 Å². The Labute approximate surface area is 77.4 Å². The van der Waals surface area contributed by atoms with Gasteiger partial charge in [-0.3, -0.25) is 0 Å². The molecule has 0 bridgehead atoms. The quantitative estimate of drug-likeness (QED) is 0.701. The zero-order chi connectivity index (χ0) is 9.68. The van der Waals surface area contributed by atoms with Crippen LogP contribution in [0.5, 0.6) is 0 Å². The van der Waals surface area contributed by atoms with Crippen molar-refractivity contribution in [2.24, 2.45) is 5.73 Å². The van der Waals surface area contributed by atoms with E-state index in [-0.39, 0.29) is 6.54 Å². The standard InChI is InChI=1S/C10H12N2O/c11-6-9-3-1-8(2-4-9)5-10(13)7-12/h1-4,10,13H,5,7,12H2. The molecule has 0 radical (unpaired) electrons. The first-order valence-corrected chi connectivity index (χ1v) is 4.13. The number of hydrogen-bond acceptors (Lipinski definition) is 3. The van der Waals surface area contributed by atoms with Gasteiger partial charge in [0.2, 0.25) is 0 Å². The van der Waals surface area contributed by atoms with Gasteiger partial charge in [-0.15, -0.1) is 0 Å². The third-order valence-electron chi connectivity index (χ3n) is 1.83. The molecule has 0 aromatic heterocycles. The maximum absolute atomic E-state index is 9.25. The Morgan fingerprint density at radius 1 is 1.38 bits per heavy atom. The lowest BCUT2D eigenvalue weighted by molar-refractivity contribution is 0.183. The maximum atomic E-state index is 9.25. The number of benzene rings is 1. The van der Waals surface area contributed by atoms with E-state index in [0.717, 1.165) is 5.56 Å². The smallest absolute Gasteiger partial charge is 0.0991 e. The molecule has 0 aliphatic heterocycles. The molecule has 0 amide bonds. The van der Waals surface area contributed by atoms with Gasteiger partial charge >= 0.3 is 0 Å². The summed E-state index contributed by atoms with van der Waals surface area (Å²) in [4.78, 5) is 0. The number of aliphatic hydroxyl groups excluding tert-OH is 1. The molecule has 0 fully saturated rings. The van der Waals surface area contributed by atoms with Gasteiger partial charge in [0.05, 0.1) is 17.7 Å². The van der Waals surface area contributed by atoms with Crippen LogP contribution in [0.4, 0.5) is 0 Å². The van der Waals surface area contributed by atoms with Crippen molar-refractivity contribution in [3.05, 3.63) is 35.4 Å². The lowest BCUT2D eigenvalue weighted by Gasteiger charge is -2.06. The van der Waals surface area contributed by atoms with Gasteiger partial charge in [0.25, 0.3) is 0 Å². The topological polar surface area (TPSA) is 70.0 Å². The zero-order valence-corrected chi connectivity index (χ0v) is 7.27. The molecule has 1 aromatic carbocycles. The van der Waals surface area contributed by atoms with E-state index in [1.165, 1.54) is 0 Å². The van der Waals surface area contributed by atoms with Crippen LogP contribution in [0.15, 0.2) is 24.3 Å². The van der Waals surface area contributed by atoms with Crippen molar-refractivity contribution in [3.63, 3.8) is 0 Å². The molecule has 0 saturated carbocycles. The number of nitrogens with two attached hydrogens (primary N) is 1. The second-order valence-corrected chi connectivity index (χ2v) is 2.90. The highest BCUT2D eigenvalue weighted by Gasteiger charge is 2.02. The average Bonchev–Trinajstić information content (AvgIpc) is 2.19. The largest absolute Gasteiger partial charge is 0.391 e. The van der Waals surface area contributed by atoms with Gasteiger partial charge in [0.1, 0.15) is 0 Å². The molecule has 0 saturated heterocycles. The maximum Gasteiger partial charge on any atom is 0.0991 e. The lowest BCUT2D eigenvalue weighted by Crippen LogP contribution is -2.21. The van der Waals surface area contributed by atoms with E-state index in [1.54, 1.807) is 12.1 Å². The van der Waals surface area contributed by atoms with E-state index >= 15 is 0 Å². The van der Waals surface area contributed by atoms with Gasteiger partial charge in [-0.05, 0) is 24.1 Å². The highest BCUT2D eigenvalue weighted by atomic mass is 16.3. The van der Waals surface area contributed by atoms with Crippen molar-refractivity contribution in [1.29, 1.82) is 5.26 Å². The molecule has 13 heavy (non-hydrogen) atoms. The van der Waals surface area contributed by atoms with Crippen molar-refractivity contribution >= 4 is 0 Å². The fourth-order valence-electron chi connectivity index (χ4n) is 1.07. The van der Waals surface area contributed by atoms with Crippen molar-refractivity contribution in [3.8, 4) is 6.07 Å². The molecule has 1 aromatic rings. The van der Waals surface area contributed by atoms with Crippen LogP contribution in [0, 0.1) is 11.3 Å². The predicted molar refractivity (Wildman–Crippen MR) is 49.9 cm³/mol. The van der Waals surface area contributed by atoms with Gasteiger partial charge in [0.15, 0.2) is 0 Å². The predicted octanol–water partition coefficient (Wildman–Crippen LogP) is 0.420.